The molecule has 1 aromatic heterocycles. The minimum Gasteiger partial charge on any atom is -0.490 e. The van der Waals surface area contributed by atoms with Gasteiger partial charge in [0.2, 0.25) is 23.5 Å². The van der Waals surface area contributed by atoms with Crippen molar-refractivity contribution in [3.8, 4) is 17.0 Å². The molecule has 13 nitrogen and oxygen atoms in total. The number of hydrogen-bond donors (Lipinski definition) is 1. The number of imide groups is 2. The molecule has 1 unspecified atom stereocenters. The lowest BCUT2D eigenvalue weighted by molar-refractivity contribution is -0.136. The number of carbonyl (C=O) groups excluding carboxylic acids is 5. The summed E-state index contributed by atoms with van der Waals surface area (Å²) in [6.07, 6.45) is 2.94. The number of aromatic nitrogens is 1. The molecule has 286 valence electrons. The Hall–Kier alpha value is -5.03. The fraction of sp³-hybridized carbons (Fsp3) is 0.459. The summed E-state index contributed by atoms with van der Waals surface area (Å²) in [4.78, 5) is 74.1. The minimum absolute atomic E-state index is 0.0000214. The molecule has 3 fully saturated rings. The molecule has 1 N–H and O–H groups in total. The van der Waals surface area contributed by atoms with Crippen LogP contribution in [0.3, 0.4) is 0 Å². The van der Waals surface area contributed by atoms with E-state index in [9.17, 15) is 32.8 Å². The number of benzene rings is 2. The molecule has 54 heavy (non-hydrogen) atoms. The van der Waals surface area contributed by atoms with Crippen molar-refractivity contribution in [1.29, 1.82) is 0 Å². The zero-order valence-corrected chi connectivity index (χ0v) is 30.2. The number of morpholine rings is 1. The molecule has 5 heterocycles. The Morgan fingerprint density at radius 3 is 2.33 bits per heavy atom. The molecule has 4 aliphatic heterocycles. The van der Waals surface area contributed by atoms with Gasteiger partial charge in [-0.05, 0) is 43.5 Å². The Bertz CT molecular complexity index is 1960. The van der Waals surface area contributed by atoms with E-state index in [1.54, 1.807) is 15.2 Å². The standard InChI is InChI=1S/C37H39F3N6O7S/c38-25-7-6-22(27-21-54-37(41-27)45-14-17-52-18-15-45)33(32(25)40)53-16-4-2-1-3-5-31(48)44-12-10-43(11-13-44)29-20-24-23(19-26(29)39)35(50)46(36(24)51)28-8-9-30(47)42-34(28)49/h6-7,19-21,28H,1-5,8-18H2,(H,42,47,49). The molecule has 3 aromatic rings. The van der Waals surface area contributed by atoms with E-state index in [0.29, 0.717) is 89.4 Å². The predicted molar refractivity (Wildman–Crippen MR) is 191 cm³/mol. The molecule has 7 rings (SSSR count). The van der Waals surface area contributed by atoms with Crippen LogP contribution >= 0.6 is 11.3 Å². The number of anilines is 2. The Labute approximate surface area is 313 Å². The van der Waals surface area contributed by atoms with Crippen LogP contribution in [0, 0.1) is 17.5 Å². The number of piperazine rings is 1. The normalized spacial score (nSPS) is 19.1. The van der Waals surface area contributed by atoms with Crippen LogP contribution in [0.4, 0.5) is 24.0 Å². The van der Waals surface area contributed by atoms with Crippen LogP contribution in [0.25, 0.3) is 11.3 Å². The van der Waals surface area contributed by atoms with Gasteiger partial charge in [-0.15, -0.1) is 11.3 Å². The van der Waals surface area contributed by atoms with E-state index in [1.165, 1.54) is 23.5 Å². The van der Waals surface area contributed by atoms with Gasteiger partial charge in [-0.1, -0.05) is 12.8 Å². The number of thiazole rings is 1. The van der Waals surface area contributed by atoms with Gasteiger partial charge in [0, 0.05) is 63.1 Å². The summed E-state index contributed by atoms with van der Waals surface area (Å²) in [6.45, 7) is 4.09. The molecule has 4 aliphatic rings. The Kier molecular flexibility index (Phi) is 11.1. The lowest BCUT2D eigenvalue weighted by atomic mass is 10.0. The van der Waals surface area contributed by atoms with E-state index in [-0.39, 0.29) is 47.9 Å². The van der Waals surface area contributed by atoms with E-state index < -0.39 is 47.1 Å². The number of fused-ring (bicyclic) bond motifs is 1. The van der Waals surface area contributed by atoms with E-state index in [4.69, 9.17) is 9.47 Å². The average Bonchev–Trinajstić information content (AvgIpc) is 3.75. The van der Waals surface area contributed by atoms with Crippen LogP contribution in [0.5, 0.6) is 5.75 Å². The van der Waals surface area contributed by atoms with Crippen LogP contribution < -0.4 is 19.9 Å². The predicted octanol–water partition coefficient (Wildman–Crippen LogP) is 4.14. The van der Waals surface area contributed by atoms with Crippen molar-refractivity contribution in [3.63, 3.8) is 0 Å². The summed E-state index contributed by atoms with van der Waals surface area (Å²) in [6, 6.07) is 3.73. The van der Waals surface area contributed by atoms with Gasteiger partial charge in [-0.2, -0.15) is 4.39 Å². The number of hydrogen-bond acceptors (Lipinski definition) is 11. The number of rotatable bonds is 12. The molecule has 0 bridgehead atoms. The number of ether oxygens (including phenoxy) is 2. The maximum Gasteiger partial charge on any atom is 0.262 e. The molecular weight excluding hydrogens is 730 g/mol. The first-order valence-electron chi connectivity index (χ1n) is 18.1. The van der Waals surface area contributed by atoms with E-state index in [0.717, 1.165) is 28.6 Å². The van der Waals surface area contributed by atoms with Gasteiger partial charge in [0.25, 0.3) is 11.8 Å². The third kappa shape index (κ3) is 7.64. The molecule has 0 radical (unpaired) electrons. The highest BCUT2D eigenvalue weighted by Gasteiger charge is 2.45. The molecule has 2 aromatic carbocycles. The molecule has 0 spiro atoms. The van der Waals surface area contributed by atoms with Gasteiger partial charge in [-0.25, -0.2) is 13.8 Å². The second-order valence-corrected chi connectivity index (χ2v) is 14.4. The number of carbonyl (C=O) groups is 5. The van der Waals surface area contributed by atoms with Gasteiger partial charge >= 0.3 is 0 Å². The van der Waals surface area contributed by atoms with Crippen molar-refractivity contribution < 1.29 is 46.6 Å². The fourth-order valence-corrected chi connectivity index (χ4v) is 8.02. The lowest BCUT2D eigenvalue weighted by Crippen LogP contribution is -2.54. The number of halogens is 3. The van der Waals surface area contributed by atoms with E-state index in [1.807, 2.05) is 0 Å². The van der Waals surface area contributed by atoms with Gasteiger partial charge in [0.05, 0.1) is 42.3 Å². The van der Waals surface area contributed by atoms with Gasteiger partial charge in [0.1, 0.15) is 11.9 Å². The first kappa shape index (κ1) is 37.3. The van der Waals surface area contributed by atoms with Crippen LogP contribution in [0.1, 0.15) is 65.7 Å². The Balaban J connectivity index is 0.851. The second kappa shape index (κ2) is 16.1. The quantitative estimate of drug-likeness (QED) is 0.211. The van der Waals surface area contributed by atoms with E-state index >= 15 is 4.39 Å². The highest BCUT2D eigenvalue weighted by molar-refractivity contribution is 7.14. The zero-order valence-electron chi connectivity index (χ0n) is 29.4. The number of amides is 5. The summed E-state index contributed by atoms with van der Waals surface area (Å²) in [5, 5.41) is 4.73. The molecule has 5 amide bonds. The van der Waals surface area contributed by atoms with Crippen LogP contribution in [-0.4, -0.2) is 109 Å². The van der Waals surface area contributed by atoms with Gasteiger partial charge in [0.15, 0.2) is 16.7 Å². The van der Waals surface area contributed by atoms with Crippen molar-refractivity contribution in [2.45, 2.75) is 51.0 Å². The summed E-state index contributed by atoms with van der Waals surface area (Å²) >= 11 is 1.43. The van der Waals surface area contributed by atoms with Gasteiger partial charge < -0.3 is 24.2 Å². The number of nitrogens with zero attached hydrogens (tertiary/aromatic N) is 5. The van der Waals surface area contributed by atoms with Crippen molar-refractivity contribution in [2.24, 2.45) is 0 Å². The summed E-state index contributed by atoms with van der Waals surface area (Å²) in [7, 11) is 0. The van der Waals surface area contributed by atoms with Crippen LogP contribution in [-0.2, 0) is 19.1 Å². The highest BCUT2D eigenvalue weighted by Crippen LogP contribution is 2.37. The summed E-state index contributed by atoms with van der Waals surface area (Å²) in [5.41, 5.74) is 0.880. The SMILES string of the molecule is O=C1CCC(N2C(=O)c3cc(F)c(N4CCN(C(=O)CCCCCCOc5c(-c6csc(N7CCOCC7)n6)ccc(F)c5F)CC4)cc3C2=O)C(=O)N1. The molecule has 3 saturated heterocycles. The average molecular weight is 769 g/mol. The fourth-order valence-electron chi connectivity index (χ4n) is 7.15. The number of piperidine rings is 1. The van der Waals surface area contributed by atoms with Crippen molar-refractivity contribution in [3.05, 3.63) is 58.2 Å². The van der Waals surface area contributed by atoms with Crippen molar-refractivity contribution >= 4 is 51.7 Å². The Morgan fingerprint density at radius 1 is 0.870 bits per heavy atom. The van der Waals surface area contributed by atoms with Crippen LogP contribution in [0.2, 0.25) is 0 Å². The first-order chi connectivity index (χ1) is 26.1. The lowest BCUT2D eigenvalue weighted by Gasteiger charge is -2.36. The summed E-state index contributed by atoms with van der Waals surface area (Å²) in [5.74, 6) is -5.68. The van der Waals surface area contributed by atoms with Gasteiger partial charge in [-0.3, -0.25) is 34.2 Å². The first-order valence-corrected chi connectivity index (χ1v) is 19.0. The Morgan fingerprint density at radius 2 is 1.59 bits per heavy atom. The minimum atomic E-state index is -1.15. The van der Waals surface area contributed by atoms with Crippen molar-refractivity contribution in [1.82, 2.24) is 20.1 Å². The maximum absolute atomic E-state index is 15.3. The van der Waals surface area contributed by atoms with E-state index in [2.05, 4.69) is 15.2 Å². The monoisotopic (exact) mass is 768 g/mol. The zero-order chi connectivity index (χ0) is 37.9. The third-order valence-electron chi connectivity index (χ3n) is 10.1. The summed E-state index contributed by atoms with van der Waals surface area (Å²) < 4.78 is 55.5. The molecular formula is C37H39F3N6O7S. The maximum atomic E-state index is 15.3. The van der Waals surface area contributed by atoms with Crippen molar-refractivity contribution in [2.75, 3.05) is 68.9 Å². The highest BCUT2D eigenvalue weighted by atomic mass is 32.1. The topological polar surface area (TPSA) is 142 Å². The molecule has 0 saturated carbocycles. The molecule has 1 atom stereocenters. The number of unbranched alkanes of at least 4 members (excludes halogenated alkanes) is 3. The number of nitrogens with one attached hydrogen (secondary N) is 1. The molecule has 0 aliphatic carbocycles. The largest absolute Gasteiger partial charge is 0.490 e. The third-order valence-corrected chi connectivity index (χ3v) is 11.0. The second-order valence-electron chi connectivity index (χ2n) is 13.5. The smallest absolute Gasteiger partial charge is 0.262 e. The molecule has 17 heteroatoms. The van der Waals surface area contributed by atoms with Crippen LogP contribution in [0.15, 0.2) is 29.6 Å².